The second-order valence-electron chi connectivity index (χ2n) is 31.3. The standard InChI is InChI=1S/C116H78N4/c1-3-19-93(83-53-43-77(44-54-83)73-107(89-65-57-85(58-66-89)95-25-13-29-103-99-21-5-9-33-109(99)117-113(95)103)90-67-59-86(60-68-90)96-26-14-30-104-100-22-6-10-34-110(100)118-114(96)104)81(17-1)51-41-75-37-47-79(48-38-75)80-49-39-76(40-50-80)42-52-82-18-2-4-20-94(82)84-55-45-78(46-56-84)74-108(91-69-61-87(62-70-91)97-27-15-31-105-101-23-7-11-35-111(101)119-115(97)105)92-71-63-88(64-72-92)98-28-16-32-106-102-24-8-12-36-112(102)120-116(98)106/h1-74,117-120H/b51-41+,52-42+. The van der Waals surface area contributed by atoms with E-state index in [1.165, 1.54) is 110 Å². The van der Waals surface area contributed by atoms with E-state index in [2.05, 4.69) is 469 Å². The number of hydrogen-bond donors (Lipinski definition) is 4. The maximum atomic E-state index is 3.73. The number of para-hydroxylation sites is 8. The summed E-state index contributed by atoms with van der Waals surface area (Å²) >= 11 is 0. The van der Waals surface area contributed by atoms with E-state index in [9.17, 15) is 0 Å². The van der Waals surface area contributed by atoms with E-state index in [1.807, 2.05) is 0 Å². The normalized spacial score (nSPS) is 11.8. The third-order valence-corrected chi connectivity index (χ3v) is 24.2. The fourth-order valence-electron chi connectivity index (χ4n) is 18.0. The summed E-state index contributed by atoms with van der Waals surface area (Å²) in [4.78, 5) is 14.9. The van der Waals surface area contributed by atoms with Gasteiger partial charge in [0.2, 0.25) is 0 Å². The number of aromatic nitrogens is 4. The first-order valence-corrected chi connectivity index (χ1v) is 41.2. The van der Waals surface area contributed by atoms with Gasteiger partial charge in [-0.15, -0.1) is 0 Å². The van der Waals surface area contributed by atoms with Gasteiger partial charge >= 0.3 is 0 Å². The monoisotopic (exact) mass is 1530 g/mol. The molecule has 0 bridgehead atoms. The molecule has 0 radical (unpaired) electrons. The van der Waals surface area contributed by atoms with Gasteiger partial charge in [0.15, 0.2) is 0 Å². The van der Waals surface area contributed by atoms with Gasteiger partial charge in [0.05, 0.1) is 22.1 Å². The fraction of sp³-hybridized carbons (Fsp3) is 0. The summed E-state index contributed by atoms with van der Waals surface area (Å²) in [6.07, 6.45) is 13.6. The topological polar surface area (TPSA) is 63.2 Å². The van der Waals surface area contributed by atoms with Gasteiger partial charge in [0.1, 0.15) is 0 Å². The number of hydrogen-bond acceptors (Lipinski definition) is 0. The van der Waals surface area contributed by atoms with Gasteiger partial charge in [0.25, 0.3) is 0 Å². The second-order valence-corrected chi connectivity index (χ2v) is 31.3. The maximum Gasteiger partial charge on any atom is 0.0544 e. The molecule has 120 heavy (non-hydrogen) atoms. The Morgan fingerprint density at radius 2 is 0.375 bits per heavy atom. The first kappa shape index (κ1) is 70.7. The lowest BCUT2D eigenvalue weighted by Gasteiger charge is -2.13. The van der Waals surface area contributed by atoms with Crippen LogP contribution in [-0.4, -0.2) is 19.9 Å². The van der Waals surface area contributed by atoms with Gasteiger partial charge < -0.3 is 19.9 Å². The molecule has 0 fully saturated rings. The van der Waals surface area contributed by atoms with Crippen molar-refractivity contribution in [3.8, 4) is 77.9 Å². The Bertz CT molecular complexity index is 7010. The molecule has 22 rings (SSSR count). The van der Waals surface area contributed by atoms with Crippen molar-refractivity contribution in [3.05, 3.63) is 468 Å². The van der Waals surface area contributed by atoms with Crippen LogP contribution < -0.4 is 0 Å². The van der Waals surface area contributed by atoms with Crippen molar-refractivity contribution < 1.29 is 0 Å². The number of aromatic amines is 4. The highest BCUT2D eigenvalue weighted by molar-refractivity contribution is 6.16. The van der Waals surface area contributed by atoms with Gasteiger partial charge in [-0.25, -0.2) is 0 Å². The molecule has 0 amide bonds. The van der Waals surface area contributed by atoms with Gasteiger partial charge in [-0.05, 0) is 159 Å². The molecule has 4 N–H and O–H groups in total. The van der Waals surface area contributed by atoms with Crippen LogP contribution >= 0.6 is 0 Å². The van der Waals surface area contributed by atoms with Gasteiger partial charge in [0, 0.05) is 87.4 Å². The minimum atomic E-state index is 1.12. The summed E-state index contributed by atoms with van der Waals surface area (Å²) in [7, 11) is 0. The predicted octanol–water partition coefficient (Wildman–Crippen LogP) is 31.4. The average Bonchev–Trinajstić information content (AvgIpc) is 1.61. The summed E-state index contributed by atoms with van der Waals surface area (Å²) in [6, 6.07) is 150. The van der Waals surface area contributed by atoms with E-state index in [-0.39, 0.29) is 0 Å². The molecular formula is C116H78N4. The molecule has 4 nitrogen and oxygen atoms in total. The minimum Gasteiger partial charge on any atom is -0.354 e. The molecule has 562 valence electrons. The zero-order valence-electron chi connectivity index (χ0n) is 65.7. The van der Waals surface area contributed by atoms with Crippen LogP contribution in [0.1, 0.15) is 55.6 Å². The summed E-state index contributed by atoms with van der Waals surface area (Å²) in [5.74, 6) is 0. The fourth-order valence-corrected chi connectivity index (χ4v) is 18.0. The van der Waals surface area contributed by atoms with Gasteiger partial charge in [-0.2, -0.15) is 0 Å². The van der Waals surface area contributed by atoms with Crippen molar-refractivity contribution in [1.29, 1.82) is 0 Å². The molecule has 4 aromatic heterocycles. The van der Waals surface area contributed by atoms with Crippen molar-refractivity contribution in [1.82, 2.24) is 19.9 Å². The van der Waals surface area contributed by atoms with Crippen molar-refractivity contribution in [3.63, 3.8) is 0 Å². The molecule has 0 aliphatic heterocycles. The number of H-pyrrole nitrogens is 4. The van der Waals surface area contributed by atoms with E-state index in [0.717, 1.165) is 122 Å². The van der Waals surface area contributed by atoms with Crippen molar-refractivity contribution in [2.45, 2.75) is 0 Å². The van der Waals surface area contributed by atoms with Crippen LogP contribution in [0.2, 0.25) is 0 Å². The zero-order valence-corrected chi connectivity index (χ0v) is 65.7. The molecule has 0 unspecified atom stereocenters. The molecule has 4 heterocycles. The Balaban J connectivity index is 0.495. The van der Waals surface area contributed by atoms with E-state index < -0.39 is 0 Å². The molecule has 0 aliphatic rings. The molecule has 4 heteroatoms. The number of benzene rings is 18. The minimum absolute atomic E-state index is 1.12. The molecular weight excluding hydrogens is 1450 g/mol. The zero-order chi connectivity index (χ0) is 79.4. The summed E-state index contributed by atoms with van der Waals surface area (Å²) in [5.41, 5.74) is 39.3. The smallest absolute Gasteiger partial charge is 0.0544 e. The van der Waals surface area contributed by atoms with Crippen LogP contribution in [0, 0.1) is 0 Å². The Morgan fingerprint density at radius 3 is 0.667 bits per heavy atom. The lowest BCUT2D eigenvalue weighted by atomic mass is 9.91. The lowest BCUT2D eigenvalue weighted by molar-refractivity contribution is 1.51. The van der Waals surface area contributed by atoms with Crippen LogP contribution in [0.4, 0.5) is 0 Å². The Labute approximate surface area is 696 Å². The second kappa shape index (κ2) is 30.4. The summed E-state index contributed by atoms with van der Waals surface area (Å²) in [5, 5.41) is 9.89. The van der Waals surface area contributed by atoms with Crippen LogP contribution in [0.25, 0.3) is 213 Å². The molecule has 0 spiro atoms. The highest BCUT2D eigenvalue weighted by Crippen LogP contribution is 2.42. The first-order valence-electron chi connectivity index (χ1n) is 41.2. The Hall–Kier alpha value is -15.9. The SMILES string of the molecule is C(=C(c1ccc(-c2cccc3c2[nH]c2ccccc23)cc1)c1ccc(-c2cccc3c2[nH]c2ccccc23)cc1)c1ccc(-c2ccccc2/C=C/c2ccc(-c3ccc(/C=C/c4ccccc4-c4ccc(C=C(c5ccc(-c6cccc7c6[nH]c6ccccc67)cc5)c5ccc(-c6cccc7c6[nH]c6ccccc67)cc5)cc4)cc3)cc2)cc1. The van der Waals surface area contributed by atoms with E-state index >= 15 is 0 Å². The van der Waals surface area contributed by atoms with Crippen LogP contribution in [-0.2, 0) is 0 Å². The lowest BCUT2D eigenvalue weighted by Crippen LogP contribution is -1.91. The molecule has 0 saturated carbocycles. The highest BCUT2D eigenvalue weighted by atomic mass is 14.7. The van der Waals surface area contributed by atoms with E-state index in [4.69, 9.17) is 0 Å². The third-order valence-electron chi connectivity index (χ3n) is 24.2. The van der Waals surface area contributed by atoms with Crippen LogP contribution in [0.5, 0.6) is 0 Å². The van der Waals surface area contributed by atoms with Crippen LogP contribution in [0.15, 0.2) is 413 Å². The van der Waals surface area contributed by atoms with Crippen molar-refractivity contribution in [2.75, 3.05) is 0 Å². The summed E-state index contributed by atoms with van der Waals surface area (Å²) < 4.78 is 0. The molecule has 18 aromatic carbocycles. The van der Waals surface area contributed by atoms with Gasteiger partial charge in [-0.3, -0.25) is 0 Å². The number of rotatable bonds is 17. The molecule has 0 saturated heterocycles. The average molecular weight is 1530 g/mol. The number of fused-ring (bicyclic) bond motifs is 12. The largest absolute Gasteiger partial charge is 0.354 e. The molecule has 0 aliphatic carbocycles. The Kier molecular flexibility index (Phi) is 17.9. The van der Waals surface area contributed by atoms with Crippen LogP contribution in [0.3, 0.4) is 0 Å². The van der Waals surface area contributed by atoms with Gasteiger partial charge in [-0.1, -0.05) is 413 Å². The maximum absolute atomic E-state index is 3.73. The Morgan fingerprint density at radius 1 is 0.158 bits per heavy atom. The summed E-state index contributed by atoms with van der Waals surface area (Å²) in [6.45, 7) is 0. The third kappa shape index (κ3) is 13.3. The van der Waals surface area contributed by atoms with Crippen molar-refractivity contribution >= 4 is 135 Å². The molecule has 22 aromatic rings. The first-order chi connectivity index (χ1) is 59.4. The molecule has 0 atom stereocenters. The highest BCUT2D eigenvalue weighted by Gasteiger charge is 2.19. The van der Waals surface area contributed by atoms with Crippen molar-refractivity contribution in [2.24, 2.45) is 0 Å². The number of nitrogens with one attached hydrogen (secondary N) is 4. The van der Waals surface area contributed by atoms with E-state index in [1.54, 1.807) is 0 Å². The van der Waals surface area contributed by atoms with E-state index in [0.29, 0.717) is 0 Å². The predicted molar refractivity (Wildman–Crippen MR) is 512 cm³/mol. The quantitative estimate of drug-likeness (QED) is 0.0657.